The molecule has 1 aliphatic rings. The summed E-state index contributed by atoms with van der Waals surface area (Å²) >= 11 is 1.69. The fraction of sp³-hybridized carbons (Fsp3) is 0.500. The minimum atomic E-state index is -0.610. The molecule has 3 amide bonds. The van der Waals surface area contributed by atoms with Gasteiger partial charge in [0.1, 0.15) is 5.60 Å². The number of thiophene rings is 1. The van der Waals surface area contributed by atoms with E-state index in [1.807, 2.05) is 57.8 Å². The van der Waals surface area contributed by atoms with Crippen molar-refractivity contribution in [1.29, 1.82) is 0 Å². The Morgan fingerprint density at radius 1 is 1.14 bits per heavy atom. The summed E-state index contributed by atoms with van der Waals surface area (Å²) in [5.41, 5.74) is 2.93. The van der Waals surface area contributed by atoms with Crippen LogP contribution in [0.5, 0.6) is 0 Å². The van der Waals surface area contributed by atoms with Crippen LogP contribution in [0.3, 0.4) is 0 Å². The van der Waals surface area contributed by atoms with Crippen LogP contribution in [0.1, 0.15) is 49.6 Å². The largest absolute Gasteiger partial charge is 0.444 e. The summed E-state index contributed by atoms with van der Waals surface area (Å²) in [6.07, 6.45) is -0.431. The Kier molecular flexibility index (Phi) is 10.1. The van der Waals surface area contributed by atoms with Gasteiger partial charge in [0, 0.05) is 56.3 Å². The molecule has 232 valence electrons. The number of carbonyl (C=O) groups is 3. The Morgan fingerprint density at radius 2 is 1.91 bits per heavy atom. The average Bonchev–Trinajstić information content (AvgIpc) is 3.66. The van der Waals surface area contributed by atoms with E-state index in [9.17, 15) is 14.4 Å². The number of fused-ring (bicyclic) bond motifs is 1. The summed E-state index contributed by atoms with van der Waals surface area (Å²) in [6.45, 7) is 13.2. The number of hydrogen-bond acceptors (Lipinski definition) is 10. The molecule has 0 bridgehead atoms. The minimum absolute atomic E-state index is 0.0252. The number of ether oxygens (including phenoxy) is 1. The fourth-order valence-electron chi connectivity index (χ4n) is 4.70. The maximum absolute atomic E-state index is 13.6. The van der Waals surface area contributed by atoms with Crippen molar-refractivity contribution >= 4 is 34.9 Å². The number of carbonyl (C=O) groups excluding carboxylic acids is 3. The molecule has 12 nitrogen and oxygen atoms in total. The van der Waals surface area contributed by atoms with Crippen molar-refractivity contribution in [1.82, 2.24) is 30.4 Å². The number of hydrogen-bond donors (Lipinski definition) is 1. The molecule has 3 aromatic rings. The van der Waals surface area contributed by atoms with E-state index >= 15 is 0 Å². The number of rotatable bonds is 11. The number of hydrazine groups is 1. The third-order valence-corrected chi connectivity index (χ3v) is 7.98. The van der Waals surface area contributed by atoms with Crippen LogP contribution in [0.2, 0.25) is 0 Å². The number of nitrogens with one attached hydrogen (secondary N) is 1. The monoisotopic (exact) mass is 611 g/mol. The Hall–Kier alpha value is -3.97. The van der Waals surface area contributed by atoms with E-state index in [1.54, 1.807) is 35.2 Å². The third-order valence-electron chi connectivity index (χ3n) is 7.04. The van der Waals surface area contributed by atoms with Crippen LogP contribution in [-0.4, -0.2) is 88.3 Å². The van der Waals surface area contributed by atoms with Crippen LogP contribution < -0.4 is 10.2 Å². The van der Waals surface area contributed by atoms with Gasteiger partial charge in [0.2, 0.25) is 17.6 Å². The van der Waals surface area contributed by atoms with Crippen molar-refractivity contribution in [2.45, 2.75) is 60.2 Å². The topological polar surface area (TPSA) is 124 Å². The molecule has 1 N–H and O–H groups in total. The van der Waals surface area contributed by atoms with E-state index in [2.05, 4.69) is 26.9 Å². The molecule has 43 heavy (non-hydrogen) atoms. The standard InChI is InChI=1S/C30H41N7O5S/c1-8-35(29(40)41-30(4,5)6)13-12-31-26(38)18-36(19-27(39)34(7)37-16-23-11-14-43-25(23)17-37)24-15-22(10-9-20(24)2)28-32-21(3)42-33-28/h9-11,14-15H,8,12-13,16-19H2,1-7H3,(H,31,38). The van der Waals surface area contributed by atoms with Gasteiger partial charge in [-0.25, -0.2) is 9.80 Å². The van der Waals surface area contributed by atoms with Gasteiger partial charge in [0.15, 0.2) is 0 Å². The van der Waals surface area contributed by atoms with E-state index in [4.69, 9.17) is 9.26 Å². The highest BCUT2D eigenvalue weighted by atomic mass is 32.1. The first-order valence-electron chi connectivity index (χ1n) is 14.3. The lowest BCUT2D eigenvalue weighted by Gasteiger charge is -2.32. The highest BCUT2D eigenvalue weighted by Crippen LogP contribution is 2.29. The zero-order valence-corrected chi connectivity index (χ0v) is 26.8. The Balaban J connectivity index is 1.47. The third kappa shape index (κ3) is 8.32. The van der Waals surface area contributed by atoms with Gasteiger partial charge in [0.25, 0.3) is 5.91 Å². The lowest BCUT2D eigenvalue weighted by Crippen LogP contribution is -2.48. The highest BCUT2D eigenvalue weighted by molar-refractivity contribution is 7.10. The van der Waals surface area contributed by atoms with Crippen molar-refractivity contribution in [3.05, 3.63) is 51.5 Å². The maximum Gasteiger partial charge on any atom is 0.410 e. The molecule has 0 saturated carbocycles. The van der Waals surface area contributed by atoms with Gasteiger partial charge in [-0.2, -0.15) is 4.98 Å². The van der Waals surface area contributed by atoms with Crippen LogP contribution in [-0.2, 0) is 27.4 Å². The normalized spacial score (nSPS) is 13.0. The van der Waals surface area contributed by atoms with Gasteiger partial charge in [-0.1, -0.05) is 17.3 Å². The molecule has 3 heterocycles. The van der Waals surface area contributed by atoms with E-state index in [1.165, 1.54) is 15.3 Å². The van der Waals surface area contributed by atoms with Crippen LogP contribution in [0.25, 0.3) is 11.4 Å². The number of amides is 3. The van der Waals surface area contributed by atoms with Crippen LogP contribution in [0.4, 0.5) is 10.5 Å². The number of likely N-dealkylation sites (N-methyl/N-ethyl adjacent to an activating group) is 2. The quantitative estimate of drug-likeness (QED) is 0.343. The smallest absolute Gasteiger partial charge is 0.410 e. The lowest BCUT2D eigenvalue weighted by molar-refractivity contribution is -0.145. The summed E-state index contributed by atoms with van der Waals surface area (Å²) in [5.74, 6) is 0.443. The predicted octanol–water partition coefficient (Wildman–Crippen LogP) is 3.98. The Labute approximate surface area is 256 Å². The second kappa shape index (κ2) is 13.6. The molecule has 0 radical (unpaired) electrons. The van der Waals surface area contributed by atoms with Gasteiger partial charge < -0.3 is 24.4 Å². The second-order valence-corrected chi connectivity index (χ2v) is 12.5. The van der Waals surface area contributed by atoms with E-state index in [0.29, 0.717) is 49.1 Å². The number of benzene rings is 1. The molecule has 2 aromatic heterocycles. The molecule has 0 fully saturated rings. The van der Waals surface area contributed by atoms with Crippen molar-refractivity contribution < 1.29 is 23.6 Å². The molecule has 1 aliphatic heterocycles. The summed E-state index contributed by atoms with van der Waals surface area (Å²) in [7, 11) is 1.76. The van der Waals surface area contributed by atoms with Crippen LogP contribution in [0.15, 0.2) is 34.2 Å². The number of aryl methyl sites for hydroxylation is 2. The zero-order chi connectivity index (χ0) is 31.3. The van der Waals surface area contributed by atoms with E-state index in [-0.39, 0.29) is 31.4 Å². The number of anilines is 1. The molecule has 13 heteroatoms. The summed E-state index contributed by atoms with van der Waals surface area (Å²) in [5, 5.41) is 12.6. The van der Waals surface area contributed by atoms with Crippen molar-refractivity contribution in [3.8, 4) is 11.4 Å². The van der Waals surface area contributed by atoms with Gasteiger partial charge in [-0.3, -0.25) is 14.6 Å². The SMILES string of the molecule is CCN(CCNC(=O)CN(CC(=O)N(C)N1Cc2ccsc2C1)c1cc(-c2noc(C)n2)ccc1C)C(=O)OC(C)(C)C. The molecular weight excluding hydrogens is 570 g/mol. The average molecular weight is 612 g/mol. The molecule has 4 rings (SSSR count). The van der Waals surface area contributed by atoms with E-state index in [0.717, 1.165) is 5.56 Å². The van der Waals surface area contributed by atoms with Crippen molar-refractivity contribution in [2.24, 2.45) is 0 Å². The lowest BCUT2D eigenvalue weighted by atomic mass is 10.1. The van der Waals surface area contributed by atoms with Gasteiger partial charge in [-0.05, 0) is 63.3 Å². The van der Waals surface area contributed by atoms with Crippen LogP contribution in [0, 0.1) is 13.8 Å². The number of nitrogens with zero attached hydrogens (tertiary/aromatic N) is 6. The first-order valence-corrected chi connectivity index (χ1v) is 15.2. The molecule has 0 spiro atoms. The minimum Gasteiger partial charge on any atom is -0.444 e. The fourth-order valence-corrected chi connectivity index (χ4v) is 5.60. The predicted molar refractivity (Wildman–Crippen MR) is 164 cm³/mol. The summed E-state index contributed by atoms with van der Waals surface area (Å²) < 4.78 is 10.6. The van der Waals surface area contributed by atoms with E-state index < -0.39 is 11.7 Å². The molecule has 0 unspecified atom stereocenters. The summed E-state index contributed by atoms with van der Waals surface area (Å²) in [4.78, 5) is 48.2. The van der Waals surface area contributed by atoms with Crippen molar-refractivity contribution in [2.75, 3.05) is 44.7 Å². The Bertz CT molecular complexity index is 1430. The van der Waals surface area contributed by atoms with Gasteiger partial charge in [-0.15, -0.1) is 11.3 Å². The summed E-state index contributed by atoms with van der Waals surface area (Å²) in [6, 6.07) is 7.75. The molecule has 0 saturated heterocycles. The van der Waals surface area contributed by atoms with Gasteiger partial charge >= 0.3 is 6.09 Å². The van der Waals surface area contributed by atoms with Crippen molar-refractivity contribution in [3.63, 3.8) is 0 Å². The zero-order valence-electron chi connectivity index (χ0n) is 26.0. The first kappa shape index (κ1) is 32.0. The molecule has 1 aromatic carbocycles. The first-order chi connectivity index (χ1) is 20.3. The van der Waals surface area contributed by atoms with Gasteiger partial charge in [0.05, 0.1) is 19.6 Å². The highest BCUT2D eigenvalue weighted by Gasteiger charge is 2.28. The van der Waals surface area contributed by atoms with Crippen LogP contribution >= 0.6 is 11.3 Å². The second-order valence-electron chi connectivity index (χ2n) is 11.5. The molecule has 0 aliphatic carbocycles. The Morgan fingerprint density at radius 3 is 2.56 bits per heavy atom. The maximum atomic E-state index is 13.6. The number of aromatic nitrogens is 2. The molecular formula is C30H41N7O5S. The molecule has 0 atom stereocenters.